The predicted octanol–water partition coefficient (Wildman–Crippen LogP) is 2.07. The van der Waals surface area contributed by atoms with Crippen molar-refractivity contribution in [2.45, 2.75) is 45.4 Å². The van der Waals surface area contributed by atoms with Gasteiger partial charge in [0, 0.05) is 12.6 Å². The van der Waals surface area contributed by atoms with E-state index in [9.17, 15) is 9.59 Å². The van der Waals surface area contributed by atoms with Crippen molar-refractivity contribution in [1.29, 1.82) is 0 Å². The first-order valence-corrected chi connectivity index (χ1v) is 7.52. The fourth-order valence-corrected chi connectivity index (χ4v) is 2.55. The Morgan fingerprint density at radius 2 is 2.25 bits per heavy atom. The Balaban J connectivity index is 2.06. The number of amides is 1. The number of aromatic nitrogens is 2. The van der Waals surface area contributed by atoms with Crippen LogP contribution in [0.25, 0.3) is 0 Å². The van der Waals surface area contributed by atoms with Gasteiger partial charge in [0.2, 0.25) is 0 Å². The predicted molar refractivity (Wildman–Crippen MR) is 81.3 cm³/mol. The standard InChI is InChI=1S/C13H18IN3O3/c1-13(2,3)20-12(19)17-8-11(18)4-10(17)7-16-6-9(14)5-15-16/h5-6,10H,4,7-8H2,1-3H3. The molecule has 1 saturated heterocycles. The molecule has 0 N–H and O–H groups in total. The highest BCUT2D eigenvalue weighted by Gasteiger charge is 2.36. The maximum atomic E-state index is 12.1. The number of ketones is 1. The third-order valence-electron chi connectivity index (χ3n) is 2.88. The number of likely N-dealkylation sites (tertiary alicyclic amines) is 1. The van der Waals surface area contributed by atoms with Crippen molar-refractivity contribution >= 4 is 34.5 Å². The van der Waals surface area contributed by atoms with E-state index in [1.165, 1.54) is 4.90 Å². The summed E-state index contributed by atoms with van der Waals surface area (Å²) >= 11 is 2.17. The first-order chi connectivity index (χ1) is 9.24. The molecule has 1 fully saturated rings. The van der Waals surface area contributed by atoms with Gasteiger partial charge in [-0.15, -0.1) is 0 Å². The molecule has 0 spiro atoms. The van der Waals surface area contributed by atoms with Gasteiger partial charge in [-0.25, -0.2) is 4.79 Å². The van der Waals surface area contributed by atoms with Crippen LogP contribution in [0.3, 0.4) is 0 Å². The van der Waals surface area contributed by atoms with Crippen molar-refractivity contribution < 1.29 is 14.3 Å². The van der Waals surface area contributed by atoms with Crippen LogP contribution in [0, 0.1) is 3.57 Å². The minimum Gasteiger partial charge on any atom is -0.444 e. The van der Waals surface area contributed by atoms with Crippen molar-refractivity contribution in [3.05, 3.63) is 16.0 Å². The van der Waals surface area contributed by atoms with E-state index in [4.69, 9.17) is 4.74 Å². The summed E-state index contributed by atoms with van der Waals surface area (Å²) in [6.07, 6.45) is 3.55. The highest BCUT2D eigenvalue weighted by Crippen LogP contribution is 2.20. The molecular formula is C13H18IN3O3. The van der Waals surface area contributed by atoms with Crippen LogP contribution in [0.15, 0.2) is 12.4 Å². The van der Waals surface area contributed by atoms with Crippen LogP contribution in [0.2, 0.25) is 0 Å². The first kappa shape index (κ1) is 15.3. The molecule has 1 aliphatic rings. The van der Waals surface area contributed by atoms with E-state index in [2.05, 4.69) is 27.7 Å². The molecule has 2 rings (SSSR count). The zero-order valence-corrected chi connectivity index (χ0v) is 14.0. The van der Waals surface area contributed by atoms with Crippen LogP contribution < -0.4 is 0 Å². The molecule has 1 amide bonds. The summed E-state index contributed by atoms with van der Waals surface area (Å²) in [6.45, 7) is 6.07. The van der Waals surface area contributed by atoms with Gasteiger partial charge in [0.15, 0.2) is 5.78 Å². The Morgan fingerprint density at radius 1 is 1.55 bits per heavy atom. The smallest absolute Gasteiger partial charge is 0.411 e. The second kappa shape index (κ2) is 5.71. The topological polar surface area (TPSA) is 64.4 Å². The lowest BCUT2D eigenvalue weighted by Gasteiger charge is -2.27. The quantitative estimate of drug-likeness (QED) is 0.725. The van der Waals surface area contributed by atoms with Crippen LogP contribution in [0.1, 0.15) is 27.2 Å². The fraction of sp³-hybridized carbons (Fsp3) is 0.615. The molecule has 1 atom stereocenters. The van der Waals surface area contributed by atoms with Gasteiger partial charge in [0.1, 0.15) is 5.60 Å². The van der Waals surface area contributed by atoms with Crippen molar-refractivity contribution in [2.24, 2.45) is 0 Å². The zero-order chi connectivity index (χ0) is 14.9. The summed E-state index contributed by atoms with van der Waals surface area (Å²) in [7, 11) is 0. The lowest BCUT2D eigenvalue weighted by atomic mass is 10.2. The molecule has 20 heavy (non-hydrogen) atoms. The normalized spacial score (nSPS) is 19.5. The van der Waals surface area contributed by atoms with Crippen LogP contribution in [-0.2, 0) is 16.1 Å². The van der Waals surface area contributed by atoms with Crippen LogP contribution in [-0.4, -0.2) is 44.7 Å². The van der Waals surface area contributed by atoms with Crippen molar-refractivity contribution in [2.75, 3.05) is 6.54 Å². The van der Waals surface area contributed by atoms with Gasteiger partial charge in [-0.3, -0.25) is 14.4 Å². The molecule has 0 aromatic carbocycles. The largest absolute Gasteiger partial charge is 0.444 e. The molecule has 7 heteroatoms. The van der Waals surface area contributed by atoms with Crippen molar-refractivity contribution in [3.63, 3.8) is 0 Å². The Hall–Kier alpha value is -1.12. The molecule has 1 unspecified atom stereocenters. The molecule has 1 aromatic heterocycles. The first-order valence-electron chi connectivity index (χ1n) is 6.44. The van der Waals surface area contributed by atoms with Crippen LogP contribution >= 0.6 is 22.6 Å². The minimum absolute atomic E-state index is 0.0581. The average molecular weight is 391 g/mol. The third kappa shape index (κ3) is 3.94. The van der Waals surface area contributed by atoms with Crippen molar-refractivity contribution in [3.8, 4) is 0 Å². The Kier molecular flexibility index (Phi) is 4.36. The van der Waals surface area contributed by atoms with E-state index in [0.29, 0.717) is 13.0 Å². The summed E-state index contributed by atoms with van der Waals surface area (Å²) in [4.78, 5) is 25.3. The zero-order valence-electron chi connectivity index (χ0n) is 11.8. The van der Waals surface area contributed by atoms with Gasteiger partial charge in [0.05, 0.1) is 28.9 Å². The van der Waals surface area contributed by atoms with E-state index in [-0.39, 0.29) is 18.4 Å². The van der Waals surface area contributed by atoms with Gasteiger partial charge in [-0.05, 0) is 43.4 Å². The Labute approximate surface area is 131 Å². The molecule has 0 bridgehead atoms. The summed E-state index contributed by atoms with van der Waals surface area (Å²) in [5, 5.41) is 4.19. The summed E-state index contributed by atoms with van der Waals surface area (Å²) in [5.74, 6) is 0.0581. The number of Topliss-reactive ketones (excluding diaryl/α,β-unsaturated/α-hetero) is 1. The summed E-state index contributed by atoms with van der Waals surface area (Å²) < 4.78 is 8.12. The molecule has 6 nitrogen and oxygen atoms in total. The lowest BCUT2D eigenvalue weighted by Crippen LogP contribution is -2.41. The Bertz CT molecular complexity index is 521. The number of nitrogens with zero attached hydrogens (tertiary/aromatic N) is 3. The number of hydrogen-bond donors (Lipinski definition) is 0. The number of rotatable bonds is 2. The molecule has 1 aliphatic heterocycles. The monoisotopic (exact) mass is 391 g/mol. The van der Waals surface area contributed by atoms with Gasteiger partial charge in [-0.2, -0.15) is 5.10 Å². The molecule has 0 saturated carbocycles. The van der Waals surface area contributed by atoms with Crippen LogP contribution in [0.4, 0.5) is 4.79 Å². The van der Waals surface area contributed by atoms with E-state index >= 15 is 0 Å². The van der Waals surface area contributed by atoms with Crippen molar-refractivity contribution in [1.82, 2.24) is 14.7 Å². The number of halogens is 1. The SMILES string of the molecule is CC(C)(C)OC(=O)N1CC(=O)CC1Cn1cc(I)cn1. The number of carbonyl (C=O) groups is 2. The molecule has 0 radical (unpaired) electrons. The molecule has 1 aromatic rings. The summed E-state index contributed by atoms with van der Waals surface area (Å²) in [6, 6.07) is -0.187. The second-order valence-corrected chi connectivity index (χ2v) is 7.13. The average Bonchev–Trinajstić information content (AvgIpc) is 2.83. The maximum Gasteiger partial charge on any atom is 0.411 e. The highest BCUT2D eigenvalue weighted by molar-refractivity contribution is 14.1. The number of carbonyl (C=O) groups excluding carboxylic acids is 2. The van der Waals surface area contributed by atoms with Crippen LogP contribution in [0.5, 0.6) is 0 Å². The second-order valence-electron chi connectivity index (χ2n) is 5.89. The molecular weight excluding hydrogens is 373 g/mol. The molecule has 0 aliphatic carbocycles. The van der Waals surface area contributed by atoms with Gasteiger partial charge in [0.25, 0.3) is 0 Å². The number of hydrogen-bond acceptors (Lipinski definition) is 4. The third-order valence-corrected chi connectivity index (χ3v) is 3.44. The van der Waals surface area contributed by atoms with Gasteiger partial charge < -0.3 is 4.74 Å². The molecule has 2 heterocycles. The maximum absolute atomic E-state index is 12.1. The van der Waals surface area contributed by atoms with Gasteiger partial charge in [-0.1, -0.05) is 0 Å². The summed E-state index contributed by atoms with van der Waals surface area (Å²) in [5.41, 5.74) is -0.561. The minimum atomic E-state index is -0.561. The lowest BCUT2D eigenvalue weighted by molar-refractivity contribution is -0.117. The van der Waals surface area contributed by atoms with E-state index < -0.39 is 11.7 Å². The van der Waals surface area contributed by atoms with E-state index in [1.54, 1.807) is 10.9 Å². The fourth-order valence-electron chi connectivity index (χ4n) is 2.11. The van der Waals surface area contributed by atoms with E-state index in [1.807, 2.05) is 27.0 Å². The molecule has 110 valence electrons. The Morgan fingerprint density at radius 3 is 2.80 bits per heavy atom. The van der Waals surface area contributed by atoms with Gasteiger partial charge >= 0.3 is 6.09 Å². The van der Waals surface area contributed by atoms with E-state index in [0.717, 1.165) is 3.57 Å². The highest BCUT2D eigenvalue weighted by atomic mass is 127. The number of ether oxygens (including phenoxy) is 1.